The van der Waals surface area contributed by atoms with Gasteiger partial charge in [-0.15, -0.1) is 0 Å². The molecule has 1 amide bonds. The Labute approximate surface area is 174 Å². The predicted octanol–water partition coefficient (Wildman–Crippen LogP) is 2.74. The van der Waals surface area contributed by atoms with Gasteiger partial charge < -0.3 is 14.9 Å². The van der Waals surface area contributed by atoms with E-state index < -0.39 is 23.0 Å². The van der Waals surface area contributed by atoms with Crippen molar-refractivity contribution in [1.82, 2.24) is 19.4 Å². The standard InChI is InChI=1S/C21H16ClFN4O3/c1-26-11-16(19(28)24-10-12-2-4-13(22)5-3-12)17-18(26)20(29)27(21(30)25-17)15-8-6-14(23)7-9-15/h2-9,11H,10H2,1H3,(H,24,28)(H,25,30). The van der Waals surface area contributed by atoms with Crippen LogP contribution in [0.25, 0.3) is 16.7 Å². The first kappa shape index (κ1) is 19.7. The maximum absolute atomic E-state index is 13.2. The molecule has 0 fully saturated rings. The fraction of sp³-hybridized carbons (Fsp3) is 0.0952. The van der Waals surface area contributed by atoms with Gasteiger partial charge >= 0.3 is 5.69 Å². The van der Waals surface area contributed by atoms with Gasteiger partial charge in [-0.25, -0.2) is 13.8 Å². The van der Waals surface area contributed by atoms with Crippen molar-refractivity contribution >= 4 is 28.5 Å². The Bertz CT molecular complexity index is 1370. The van der Waals surface area contributed by atoms with Gasteiger partial charge in [-0.3, -0.25) is 9.59 Å². The monoisotopic (exact) mass is 426 g/mol. The number of amides is 1. The molecular formula is C21H16ClFN4O3. The number of hydrogen-bond donors (Lipinski definition) is 2. The SMILES string of the molecule is Cn1cc(C(=O)NCc2ccc(Cl)cc2)c2[nH]c(=O)n(-c3ccc(F)cc3)c(=O)c21. The van der Waals surface area contributed by atoms with Gasteiger partial charge in [0, 0.05) is 24.8 Å². The first-order valence-corrected chi connectivity index (χ1v) is 9.36. The highest BCUT2D eigenvalue weighted by atomic mass is 35.5. The van der Waals surface area contributed by atoms with Crippen molar-refractivity contribution in [3.8, 4) is 5.69 Å². The number of nitrogens with one attached hydrogen (secondary N) is 2. The molecule has 0 spiro atoms. The van der Waals surface area contributed by atoms with Crippen LogP contribution in [-0.4, -0.2) is 20.0 Å². The van der Waals surface area contributed by atoms with Gasteiger partial charge in [0.05, 0.1) is 16.8 Å². The summed E-state index contributed by atoms with van der Waals surface area (Å²) in [5, 5.41) is 3.36. The van der Waals surface area contributed by atoms with Crippen molar-refractivity contribution in [1.29, 1.82) is 0 Å². The summed E-state index contributed by atoms with van der Waals surface area (Å²) < 4.78 is 15.6. The lowest BCUT2D eigenvalue weighted by Gasteiger charge is -2.07. The minimum Gasteiger partial charge on any atom is -0.348 e. The minimum atomic E-state index is -0.725. The van der Waals surface area contributed by atoms with Crippen LogP contribution in [0.3, 0.4) is 0 Å². The average molecular weight is 427 g/mol. The van der Waals surface area contributed by atoms with E-state index in [0.717, 1.165) is 22.3 Å². The number of benzene rings is 2. The van der Waals surface area contributed by atoms with Crippen LogP contribution in [0.4, 0.5) is 4.39 Å². The van der Waals surface area contributed by atoms with Gasteiger partial charge in [-0.05, 0) is 42.0 Å². The summed E-state index contributed by atoms with van der Waals surface area (Å²) in [5.41, 5.74) is 0.188. The molecule has 0 radical (unpaired) electrons. The van der Waals surface area contributed by atoms with E-state index in [9.17, 15) is 18.8 Å². The zero-order chi connectivity index (χ0) is 21.4. The summed E-state index contributed by atoms with van der Waals surface area (Å²) in [6.45, 7) is 0.253. The Balaban J connectivity index is 1.73. The quantitative estimate of drug-likeness (QED) is 0.526. The molecule has 0 unspecified atom stereocenters. The largest absolute Gasteiger partial charge is 0.348 e. The van der Waals surface area contributed by atoms with E-state index in [4.69, 9.17) is 11.6 Å². The maximum Gasteiger partial charge on any atom is 0.333 e. The zero-order valence-electron chi connectivity index (χ0n) is 15.8. The van der Waals surface area contributed by atoms with Crippen molar-refractivity contribution in [3.05, 3.63) is 97.5 Å². The Morgan fingerprint density at radius 2 is 1.77 bits per heavy atom. The number of fused-ring (bicyclic) bond motifs is 1. The van der Waals surface area contributed by atoms with Crippen LogP contribution in [0, 0.1) is 5.82 Å². The van der Waals surface area contributed by atoms with Crippen molar-refractivity contribution in [2.75, 3.05) is 0 Å². The normalized spacial score (nSPS) is 11.0. The number of carbonyl (C=O) groups excluding carboxylic acids is 1. The first-order valence-electron chi connectivity index (χ1n) is 8.98. The molecule has 9 heteroatoms. The van der Waals surface area contributed by atoms with Crippen molar-refractivity contribution < 1.29 is 9.18 Å². The second-order valence-electron chi connectivity index (χ2n) is 6.73. The Kier molecular flexibility index (Phi) is 5.01. The maximum atomic E-state index is 13.2. The van der Waals surface area contributed by atoms with Crippen molar-refractivity contribution in [2.24, 2.45) is 7.05 Å². The number of halogens is 2. The molecule has 2 N–H and O–H groups in total. The van der Waals surface area contributed by atoms with Crippen molar-refractivity contribution in [2.45, 2.75) is 6.54 Å². The second-order valence-corrected chi connectivity index (χ2v) is 7.17. The van der Waals surface area contributed by atoms with E-state index in [-0.39, 0.29) is 28.8 Å². The smallest absolute Gasteiger partial charge is 0.333 e. The van der Waals surface area contributed by atoms with Crippen LogP contribution in [0.15, 0.2) is 64.3 Å². The lowest BCUT2D eigenvalue weighted by molar-refractivity contribution is 0.0952. The van der Waals surface area contributed by atoms with E-state index in [2.05, 4.69) is 10.3 Å². The first-order chi connectivity index (χ1) is 14.3. The molecule has 0 atom stereocenters. The molecule has 0 saturated carbocycles. The second kappa shape index (κ2) is 7.64. The third-order valence-corrected chi connectivity index (χ3v) is 4.97. The molecule has 4 rings (SSSR count). The fourth-order valence-electron chi connectivity index (χ4n) is 3.25. The molecule has 2 heterocycles. The summed E-state index contributed by atoms with van der Waals surface area (Å²) in [6, 6.07) is 12.0. The van der Waals surface area contributed by atoms with Gasteiger partial charge in [0.2, 0.25) is 0 Å². The van der Waals surface area contributed by atoms with E-state index in [1.807, 2.05) is 0 Å². The van der Waals surface area contributed by atoms with Gasteiger partial charge in [-0.1, -0.05) is 23.7 Å². The highest BCUT2D eigenvalue weighted by molar-refractivity contribution is 6.30. The summed E-state index contributed by atoms with van der Waals surface area (Å²) in [5.74, 6) is -0.923. The topological polar surface area (TPSA) is 88.9 Å². The number of nitrogens with zero attached hydrogens (tertiary/aromatic N) is 2. The molecule has 30 heavy (non-hydrogen) atoms. The Hall–Kier alpha value is -3.65. The lowest BCUT2D eigenvalue weighted by atomic mass is 10.2. The summed E-state index contributed by atoms with van der Waals surface area (Å²) in [4.78, 5) is 40.9. The number of aryl methyl sites for hydroxylation is 1. The van der Waals surface area contributed by atoms with Crippen LogP contribution in [0.5, 0.6) is 0 Å². The summed E-state index contributed by atoms with van der Waals surface area (Å²) >= 11 is 5.86. The van der Waals surface area contributed by atoms with Gasteiger partial charge in [0.1, 0.15) is 11.3 Å². The van der Waals surface area contributed by atoms with Crippen LogP contribution in [0.1, 0.15) is 15.9 Å². The van der Waals surface area contributed by atoms with Gasteiger partial charge in [0.25, 0.3) is 11.5 Å². The molecule has 0 aliphatic rings. The highest BCUT2D eigenvalue weighted by Gasteiger charge is 2.20. The minimum absolute atomic E-state index is 0.138. The van der Waals surface area contributed by atoms with E-state index in [1.54, 1.807) is 31.3 Å². The van der Waals surface area contributed by atoms with E-state index in [1.165, 1.54) is 22.9 Å². The molecule has 0 bridgehead atoms. The highest BCUT2D eigenvalue weighted by Crippen LogP contribution is 2.16. The fourth-order valence-corrected chi connectivity index (χ4v) is 3.37. The third-order valence-electron chi connectivity index (χ3n) is 4.72. The predicted molar refractivity (Wildman–Crippen MR) is 112 cm³/mol. The number of hydrogen-bond acceptors (Lipinski definition) is 3. The molecule has 2 aromatic heterocycles. The van der Waals surface area contributed by atoms with Crippen LogP contribution >= 0.6 is 11.6 Å². The molecule has 7 nitrogen and oxygen atoms in total. The molecule has 4 aromatic rings. The van der Waals surface area contributed by atoms with E-state index in [0.29, 0.717) is 5.02 Å². The summed E-state index contributed by atoms with van der Waals surface area (Å²) in [6.07, 6.45) is 1.48. The lowest BCUT2D eigenvalue weighted by Crippen LogP contribution is -2.34. The van der Waals surface area contributed by atoms with Gasteiger partial charge in [0.15, 0.2) is 0 Å². The molecular weight excluding hydrogens is 411 g/mol. The van der Waals surface area contributed by atoms with Crippen molar-refractivity contribution in [3.63, 3.8) is 0 Å². The van der Waals surface area contributed by atoms with Crippen LogP contribution in [-0.2, 0) is 13.6 Å². The number of H-pyrrole nitrogens is 1. The zero-order valence-corrected chi connectivity index (χ0v) is 16.5. The van der Waals surface area contributed by atoms with Gasteiger partial charge in [-0.2, -0.15) is 0 Å². The number of aromatic nitrogens is 3. The number of aromatic amines is 1. The molecule has 0 saturated heterocycles. The molecule has 2 aromatic carbocycles. The Morgan fingerprint density at radius 1 is 1.10 bits per heavy atom. The molecule has 0 aliphatic carbocycles. The number of carbonyl (C=O) groups is 1. The van der Waals surface area contributed by atoms with Crippen LogP contribution < -0.4 is 16.6 Å². The van der Waals surface area contributed by atoms with Crippen LogP contribution in [0.2, 0.25) is 5.02 Å². The third kappa shape index (κ3) is 3.53. The Morgan fingerprint density at radius 3 is 2.43 bits per heavy atom. The molecule has 0 aliphatic heterocycles. The summed E-state index contributed by atoms with van der Waals surface area (Å²) in [7, 11) is 1.60. The molecule has 152 valence electrons. The average Bonchev–Trinajstić information content (AvgIpc) is 3.05. The van der Waals surface area contributed by atoms with E-state index >= 15 is 0 Å². The number of rotatable bonds is 4.